The van der Waals surface area contributed by atoms with Crippen LogP contribution in [-0.2, 0) is 19.3 Å². The molecule has 122 valence electrons. The summed E-state index contributed by atoms with van der Waals surface area (Å²) >= 11 is 0. The second-order valence-electron chi connectivity index (χ2n) is 7.35. The average molecular weight is 322 g/mol. The van der Waals surface area contributed by atoms with Crippen LogP contribution in [0.1, 0.15) is 35.6 Å². The molecule has 0 saturated carbocycles. The van der Waals surface area contributed by atoms with E-state index in [0.29, 0.717) is 0 Å². The molecule has 0 spiro atoms. The van der Waals surface area contributed by atoms with Crippen LogP contribution >= 0.6 is 0 Å². The van der Waals surface area contributed by atoms with E-state index in [1.165, 1.54) is 52.7 Å². The summed E-state index contributed by atoms with van der Waals surface area (Å²) in [5.41, 5.74) is 13.5. The van der Waals surface area contributed by atoms with Crippen molar-refractivity contribution in [2.45, 2.75) is 32.6 Å². The van der Waals surface area contributed by atoms with Crippen LogP contribution in [0.25, 0.3) is 28.3 Å². The maximum Gasteiger partial charge on any atom is -0.00541 e. The zero-order valence-corrected chi connectivity index (χ0v) is 14.7. The van der Waals surface area contributed by atoms with Gasteiger partial charge in [0.15, 0.2) is 0 Å². The SMILES string of the molecule is CC1=Cc2c(c(-c3ccccc3)c3c(c2-c2ccccc2)CCC3)C1. The first-order valence-electron chi connectivity index (χ1n) is 9.31. The Balaban J connectivity index is 1.87. The molecule has 0 nitrogen and oxygen atoms in total. The quantitative estimate of drug-likeness (QED) is 0.507. The molecule has 3 aromatic carbocycles. The van der Waals surface area contributed by atoms with Gasteiger partial charge in [0.2, 0.25) is 0 Å². The van der Waals surface area contributed by atoms with E-state index in [1.807, 2.05) is 0 Å². The van der Waals surface area contributed by atoms with Gasteiger partial charge in [-0.15, -0.1) is 0 Å². The first kappa shape index (κ1) is 14.7. The van der Waals surface area contributed by atoms with Crippen LogP contribution < -0.4 is 0 Å². The molecule has 0 unspecified atom stereocenters. The lowest BCUT2D eigenvalue weighted by molar-refractivity contribution is 0.912. The molecular formula is C25H22. The fourth-order valence-electron chi connectivity index (χ4n) is 4.73. The van der Waals surface area contributed by atoms with Crippen LogP contribution in [0.15, 0.2) is 66.2 Å². The largest absolute Gasteiger partial charge is 0.0683 e. The van der Waals surface area contributed by atoms with Crippen LogP contribution in [0, 0.1) is 0 Å². The Morgan fingerprint density at radius 1 is 0.640 bits per heavy atom. The number of benzene rings is 3. The Hall–Kier alpha value is -2.60. The van der Waals surface area contributed by atoms with Gasteiger partial charge in [0, 0.05) is 0 Å². The minimum atomic E-state index is 1.09. The fourth-order valence-corrected chi connectivity index (χ4v) is 4.73. The van der Waals surface area contributed by atoms with Gasteiger partial charge in [0.1, 0.15) is 0 Å². The highest BCUT2D eigenvalue weighted by atomic mass is 14.3. The maximum absolute atomic E-state index is 2.43. The third kappa shape index (κ3) is 2.28. The van der Waals surface area contributed by atoms with Gasteiger partial charge in [-0.2, -0.15) is 0 Å². The van der Waals surface area contributed by atoms with Gasteiger partial charge in [0.05, 0.1) is 0 Å². The molecule has 0 aromatic heterocycles. The summed E-state index contributed by atoms with van der Waals surface area (Å²) in [6.07, 6.45) is 7.22. The van der Waals surface area contributed by atoms with E-state index in [9.17, 15) is 0 Å². The van der Waals surface area contributed by atoms with Crippen molar-refractivity contribution in [3.8, 4) is 22.3 Å². The van der Waals surface area contributed by atoms with Crippen molar-refractivity contribution in [2.75, 3.05) is 0 Å². The normalized spacial score (nSPS) is 15.0. The molecule has 3 aromatic rings. The van der Waals surface area contributed by atoms with Crippen molar-refractivity contribution in [1.29, 1.82) is 0 Å². The van der Waals surface area contributed by atoms with Crippen molar-refractivity contribution in [3.63, 3.8) is 0 Å². The lowest BCUT2D eigenvalue weighted by Crippen LogP contribution is -2.01. The summed E-state index contributed by atoms with van der Waals surface area (Å²) in [5.74, 6) is 0. The summed E-state index contributed by atoms with van der Waals surface area (Å²) in [5, 5.41) is 0. The van der Waals surface area contributed by atoms with Crippen LogP contribution in [0.5, 0.6) is 0 Å². The van der Waals surface area contributed by atoms with E-state index in [2.05, 4.69) is 73.7 Å². The second-order valence-corrected chi connectivity index (χ2v) is 7.35. The van der Waals surface area contributed by atoms with E-state index in [1.54, 1.807) is 16.7 Å². The number of rotatable bonds is 2. The lowest BCUT2D eigenvalue weighted by Gasteiger charge is -2.20. The average Bonchev–Trinajstić information content (AvgIpc) is 3.27. The van der Waals surface area contributed by atoms with E-state index in [0.717, 1.165) is 6.42 Å². The minimum Gasteiger partial charge on any atom is -0.0683 e. The van der Waals surface area contributed by atoms with E-state index < -0.39 is 0 Å². The van der Waals surface area contributed by atoms with Crippen molar-refractivity contribution >= 4 is 6.08 Å². The van der Waals surface area contributed by atoms with Gasteiger partial charge in [-0.25, -0.2) is 0 Å². The highest BCUT2D eigenvalue weighted by molar-refractivity contribution is 5.91. The minimum absolute atomic E-state index is 1.09. The van der Waals surface area contributed by atoms with Gasteiger partial charge in [-0.05, 0) is 77.1 Å². The monoisotopic (exact) mass is 322 g/mol. The maximum atomic E-state index is 2.43. The zero-order valence-electron chi connectivity index (χ0n) is 14.7. The van der Waals surface area contributed by atoms with Gasteiger partial charge in [-0.3, -0.25) is 0 Å². The number of hydrogen-bond donors (Lipinski definition) is 0. The molecule has 0 heteroatoms. The van der Waals surface area contributed by atoms with Crippen LogP contribution in [0.4, 0.5) is 0 Å². The Morgan fingerprint density at radius 2 is 1.20 bits per heavy atom. The topological polar surface area (TPSA) is 0 Å². The van der Waals surface area contributed by atoms with Gasteiger partial charge in [0.25, 0.3) is 0 Å². The second kappa shape index (κ2) is 5.74. The first-order valence-corrected chi connectivity index (χ1v) is 9.31. The fraction of sp³-hybridized carbons (Fsp3) is 0.200. The van der Waals surface area contributed by atoms with Crippen LogP contribution in [0.2, 0.25) is 0 Å². The molecule has 0 saturated heterocycles. The summed E-state index contributed by atoms with van der Waals surface area (Å²) in [6, 6.07) is 22.0. The number of hydrogen-bond acceptors (Lipinski definition) is 0. The molecule has 5 rings (SSSR count). The van der Waals surface area contributed by atoms with E-state index >= 15 is 0 Å². The third-order valence-electron chi connectivity index (χ3n) is 5.69. The predicted molar refractivity (Wildman–Crippen MR) is 107 cm³/mol. The number of allylic oxidation sites excluding steroid dienone is 1. The predicted octanol–water partition coefficient (Wildman–Crippen LogP) is 6.47. The summed E-state index contributed by atoms with van der Waals surface area (Å²) in [4.78, 5) is 0. The molecule has 0 bridgehead atoms. The van der Waals surface area contributed by atoms with Crippen molar-refractivity contribution < 1.29 is 0 Å². The Kier molecular flexibility index (Phi) is 3.38. The standard InChI is InChI=1S/C25H22/c1-17-15-22-23(16-17)25(19-11-6-3-7-12-19)21-14-8-13-20(21)24(22)18-9-4-2-5-10-18/h2-7,9-12,15H,8,13-14,16H2,1H3. The molecule has 0 atom stereocenters. The lowest BCUT2D eigenvalue weighted by atomic mass is 9.83. The highest BCUT2D eigenvalue weighted by Gasteiger charge is 2.28. The molecule has 0 radical (unpaired) electrons. The van der Waals surface area contributed by atoms with Gasteiger partial charge in [-0.1, -0.05) is 72.3 Å². The van der Waals surface area contributed by atoms with Crippen molar-refractivity contribution in [1.82, 2.24) is 0 Å². The number of fused-ring (bicyclic) bond motifs is 2. The van der Waals surface area contributed by atoms with Crippen LogP contribution in [0.3, 0.4) is 0 Å². The van der Waals surface area contributed by atoms with Crippen LogP contribution in [-0.4, -0.2) is 0 Å². The summed E-state index contributed by atoms with van der Waals surface area (Å²) < 4.78 is 0. The highest BCUT2D eigenvalue weighted by Crippen LogP contribution is 2.47. The van der Waals surface area contributed by atoms with Gasteiger partial charge < -0.3 is 0 Å². The zero-order chi connectivity index (χ0) is 16.8. The van der Waals surface area contributed by atoms with Crippen molar-refractivity contribution in [3.05, 3.63) is 88.5 Å². The molecule has 25 heavy (non-hydrogen) atoms. The van der Waals surface area contributed by atoms with E-state index in [4.69, 9.17) is 0 Å². The Morgan fingerprint density at radius 3 is 1.84 bits per heavy atom. The smallest absolute Gasteiger partial charge is 0.00541 e. The van der Waals surface area contributed by atoms with Crippen molar-refractivity contribution in [2.24, 2.45) is 0 Å². The van der Waals surface area contributed by atoms with E-state index in [-0.39, 0.29) is 0 Å². The molecule has 0 fully saturated rings. The molecule has 2 aliphatic rings. The Bertz CT molecular complexity index is 976. The molecular weight excluding hydrogens is 300 g/mol. The molecule has 0 heterocycles. The molecule has 0 amide bonds. The molecule has 0 aliphatic heterocycles. The molecule has 0 N–H and O–H groups in total. The Labute approximate surface area is 149 Å². The summed E-state index contributed by atoms with van der Waals surface area (Å²) in [7, 11) is 0. The third-order valence-corrected chi connectivity index (χ3v) is 5.69. The summed E-state index contributed by atoms with van der Waals surface area (Å²) in [6.45, 7) is 2.27. The first-order chi connectivity index (χ1) is 12.3. The molecule has 2 aliphatic carbocycles. The van der Waals surface area contributed by atoms with Gasteiger partial charge >= 0.3 is 0 Å².